The molecule has 1 aromatic rings. The molecule has 1 heterocycles. The lowest BCUT2D eigenvalue weighted by Gasteiger charge is -2.33. The highest BCUT2D eigenvalue weighted by atomic mass is 32.2. The average Bonchev–Trinajstić information content (AvgIpc) is 2.53. The highest BCUT2D eigenvalue weighted by molar-refractivity contribution is 7.99. The molecule has 0 fully saturated rings. The molecular formula is C17H17N3O2S. The summed E-state index contributed by atoms with van der Waals surface area (Å²) in [5.41, 5.74) is 1.60. The van der Waals surface area contributed by atoms with Crippen LogP contribution in [0.15, 0.2) is 34.7 Å². The van der Waals surface area contributed by atoms with Gasteiger partial charge in [-0.15, -0.1) is 11.8 Å². The first kappa shape index (κ1) is 17.1. The highest BCUT2D eigenvalue weighted by Crippen LogP contribution is 2.46. The van der Waals surface area contributed by atoms with Crippen LogP contribution in [-0.4, -0.2) is 17.2 Å². The Kier molecular flexibility index (Phi) is 5.41. The Labute approximate surface area is 139 Å². The van der Waals surface area contributed by atoms with Gasteiger partial charge in [0.25, 0.3) is 0 Å². The Morgan fingerprint density at radius 2 is 2.04 bits per heavy atom. The van der Waals surface area contributed by atoms with Crippen LogP contribution in [0.1, 0.15) is 19.4 Å². The molecule has 0 aromatic heterocycles. The molecule has 118 valence electrons. The molecule has 0 saturated carbocycles. The summed E-state index contributed by atoms with van der Waals surface area (Å²) in [6, 6.07) is 11.6. The van der Waals surface area contributed by atoms with Crippen molar-refractivity contribution in [1.29, 1.82) is 10.5 Å². The summed E-state index contributed by atoms with van der Waals surface area (Å²) in [5, 5.41) is 29.8. The Morgan fingerprint density at radius 1 is 1.39 bits per heavy atom. The van der Waals surface area contributed by atoms with E-state index >= 15 is 0 Å². The van der Waals surface area contributed by atoms with E-state index in [0.717, 1.165) is 10.5 Å². The van der Waals surface area contributed by atoms with Gasteiger partial charge in [-0.3, -0.25) is 10.1 Å². The second-order valence-corrected chi connectivity index (χ2v) is 6.91. The van der Waals surface area contributed by atoms with Gasteiger partial charge in [-0.25, -0.2) is 0 Å². The zero-order valence-electron chi connectivity index (χ0n) is 13.0. The lowest BCUT2D eigenvalue weighted by molar-refractivity contribution is -0.490. The normalized spacial score (nSPS) is 17.8. The molecule has 23 heavy (non-hydrogen) atoms. The molecule has 1 aliphatic rings. The van der Waals surface area contributed by atoms with Crippen molar-refractivity contribution in [3.05, 3.63) is 45.5 Å². The van der Waals surface area contributed by atoms with Crippen LogP contribution in [0.2, 0.25) is 0 Å². The molecule has 5 nitrogen and oxygen atoms in total. The summed E-state index contributed by atoms with van der Waals surface area (Å²) >= 11 is 1.64. The lowest BCUT2D eigenvalue weighted by Crippen LogP contribution is -2.32. The Balaban J connectivity index is 2.60. The number of hydrogen-bond donors (Lipinski definition) is 0. The number of thioether (sulfide) groups is 1. The minimum Gasteiger partial charge on any atom is -0.265 e. The topological polar surface area (TPSA) is 90.7 Å². The van der Waals surface area contributed by atoms with Gasteiger partial charge < -0.3 is 0 Å². The van der Waals surface area contributed by atoms with E-state index in [2.05, 4.69) is 0 Å². The van der Waals surface area contributed by atoms with Crippen LogP contribution >= 0.6 is 11.8 Å². The zero-order chi connectivity index (χ0) is 17.0. The van der Waals surface area contributed by atoms with E-state index in [0.29, 0.717) is 11.3 Å². The standard InChI is InChI=1S/C17H17N3O2S/c1-11(2)14(9-20(21)22)15-10-23-16-6-4-3-5-13(16)17(15)12(7-18)8-19/h3-6,11,14-15H,9-10H2,1-2H3/t14-,15-/m1/s1. The molecule has 0 spiro atoms. The van der Waals surface area contributed by atoms with Crippen LogP contribution in [0.4, 0.5) is 0 Å². The quantitative estimate of drug-likeness (QED) is 0.477. The third-order valence-electron chi connectivity index (χ3n) is 4.19. The largest absolute Gasteiger partial charge is 0.265 e. The van der Waals surface area contributed by atoms with Gasteiger partial charge in [-0.1, -0.05) is 32.0 Å². The SMILES string of the molecule is CC(C)[C@@H](C[N+](=O)[O-])[C@H]1CSc2ccccc2C1=C(C#N)C#N. The highest BCUT2D eigenvalue weighted by Gasteiger charge is 2.37. The minimum absolute atomic E-state index is 0.0664. The second-order valence-electron chi connectivity index (χ2n) is 5.85. The van der Waals surface area contributed by atoms with Gasteiger partial charge in [0.1, 0.15) is 17.7 Å². The van der Waals surface area contributed by atoms with Crippen LogP contribution in [-0.2, 0) is 0 Å². The average molecular weight is 327 g/mol. The van der Waals surface area contributed by atoms with Crippen molar-refractivity contribution < 1.29 is 4.92 Å². The number of benzene rings is 1. The van der Waals surface area contributed by atoms with E-state index in [1.807, 2.05) is 50.3 Å². The van der Waals surface area contributed by atoms with Crippen molar-refractivity contribution in [2.24, 2.45) is 17.8 Å². The fraction of sp³-hybridized carbons (Fsp3) is 0.412. The van der Waals surface area contributed by atoms with Gasteiger partial charge in [-0.05, 0) is 23.1 Å². The fourth-order valence-corrected chi connectivity index (χ4v) is 4.34. The number of nitrogens with zero attached hydrogens (tertiary/aromatic N) is 3. The Morgan fingerprint density at radius 3 is 2.61 bits per heavy atom. The van der Waals surface area contributed by atoms with Crippen molar-refractivity contribution in [2.45, 2.75) is 18.7 Å². The van der Waals surface area contributed by atoms with Crippen molar-refractivity contribution in [1.82, 2.24) is 0 Å². The minimum atomic E-state index is -0.300. The van der Waals surface area contributed by atoms with E-state index in [4.69, 9.17) is 0 Å². The Bertz CT molecular complexity index is 712. The van der Waals surface area contributed by atoms with Crippen LogP contribution in [0.5, 0.6) is 0 Å². The molecule has 0 saturated heterocycles. The molecular weight excluding hydrogens is 310 g/mol. The van der Waals surface area contributed by atoms with Gasteiger partial charge in [0.15, 0.2) is 0 Å². The predicted molar refractivity (Wildman–Crippen MR) is 89.0 cm³/mol. The van der Waals surface area contributed by atoms with Crippen LogP contribution in [0, 0.1) is 50.5 Å². The molecule has 2 atom stereocenters. The summed E-state index contributed by atoms with van der Waals surface area (Å²) < 4.78 is 0. The van der Waals surface area contributed by atoms with E-state index in [9.17, 15) is 20.6 Å². The first-order chi connectivity index (χ1) is 11.0. The monoisotopic (exact) mass is 327 g/mol. The molecule has 0 amide bonds. The number of hydrogen-bond acceptors (Lipinski definition) is 5. The number of nitro groups is 1. The van der Waals surface area contributed by atoms with Crippen LogP contribution in [0.25, 0.3) is 5.57 Å². The van der Waals surface area contributed by atoms with E-state index in [-0.39, 0.29) is 34.8 Å². The summed E-state index contributed by atoms with van der Waals surface area (Å²) in [7, 11) is 0. The molecule has 0 N–H and O–H groups in total. The first-order valence-corrected chi connectivity index (χ1v) is 8.36. The van der Waals surface area contributed by atoms with Crippen molar-refractivity contribution >= 4 is 17.3 Å². The smallest absolute Gasteiger partial charge is 0.207 e. The Hall–Kier alpha value is -2.31. The third-order valence-corrected chi connectivity index (χ3v) is 5.39. The molecule has 0 unspecified atom stereocenters. The van der Waals surface area contributed by atoms with Crippen LogP contribution in [0.3, 0.4) is 0 Å². The lowest BCUT2D eigenvalue weighted by atomic mass is 9.76. The molecule has 0 aliphatic carbocycles. The van der Waals surface area contributed by atoms with E-state index < -0.39 is 0 Å². The van der Waals surface area contributed by atoms with Gasteiger partial charge in [0, 0.05) is 27.4 Å². The molecule has 0 radical (unpaired) electrons. The fourth-order valence-electron chi connectivity index (χ4n) is 3.06. The molecule has 2 rings (SSSR count). The summed E-state index contributed by atoms with van der Waals surface area (Å²) in [6.07, 6.45) is 0. The summed E-state index contributed by atoms with van der Waals surface area (Å²) in [6.45, 7) is 3.75. The number of allylic oxidation sites excluding steroid dienone is 2. The van der Waals surface area contributed by atoms with Crippen LogP contribution < -0.4 is 0 Å². The van der Waals surface area contributed by atoms with Crippen molar-refractivity contribution in [3.63, 3.8) is 0 Å². The van der Waals surface area contributed by atoms with Crippen molar-refractivity contribution in [3.8, 4) is 12.1 Å². The van der Waals surface area contributed by atoms with Gasteiger partial charge in [0.2, 0.25) is 6.54 Å². The maximum atomic E-state index is 11.1. The number of rotatable bonds is 4. The number of nitriles is 2. The maximum absolute atomic E-state index is 11.1. The summed E-state index contributed by atoms with van der Waals surface area (Å²) in [4.78, 5) is 11.8. The van der Waals surface area contributed by atoms with E-state index in [1.54, 1.807) is 11.8 Å². The molecule has 1 aliphatic heterocycles. The van der Waals surface area contributed by atoms with E-state index in [1.165, 1.54) is 0 Å². The second kappa shape index (κ2) is 7.30. The maximum Gasteiger partial charge on any atom is 0.207 e. The third kappa shape index (κ3) is 3.55. The predicted octanol–water partition coefficient (Wildman–Crippen LogP) is 3.76. The van der Waals surface area contributed by atoms with Gasteiger partial charge >= 0.3 is 0 Å². The first-order valence-electron chi connectivity index (χ1n) is 7.38. The zero-order valence-corrected chi connectivity index (χ0v) is 13.8. The van der Waals surface area contributed by atoms with Gasteiger partial charge in [0.05, 0.1) is 0 Å². The molecule has 6 heteroatoms. The van der Waals surface area contributed by atoms with Crippen molar-refractivity contribution in [2.75, 3.05) is 12.3 Å². The molecule has 1 aromatic carbocycles. The number of fused-ring (bicyclic) bond motifs is 1. The molecule has 0 bridgehead atoms. The summed E-state index contributed by atoms with van der Waals surface area (Å²) in [5.74, 6) is 0.354. The van der Waals surface area contributed by atoms with Gasteiger partial charge in [-0.2, -0.15) is 10.5 Å².